The largest absolute Gasteiger partial charge is 0.431 e. The molecule has 6 nitrogen and oxygen atoms in total. The summed E-state index contributed by atoms with van der Waals surface area (Å²) in [6.07, 6.45) is 1.50. The van der Waals surface area contributed by atoms with Gasteiger partial charge in [-0.25, -0.2) is 14.2 Å². The molecule has 144 valence electrons. The first kappa shape index (κ1) is 19.6. The molecule has 0 saturated heterocycles. The number of imide groups is 1. The standard InChI is InChI=1S/C20H18FN3O3S/c1-12-4-3-5-16(13(12)2)23-19(26)24-18(25)11-28-20-22-10-17(27-20)14-6-8-15(21)9-7-14/h3-10H,11H2,1-2H3,(H2,23,24,25,26). The second kappa shape index (κ2) is 8.71. The molecule has 0 aliphatic heterocycles. The third kappa shape index (κ3) is 4.98. The van der Waals surface area contributed by atoms with Crippen molar-refractivity contribution in [2.75, 3.05) is 11.1 Å². The summed E-state index contributed by atoms with van der Waals surface area (Å²) in [7, 11) is 0. The maximum atomic E-state index is 13.0. The van der Waals surface area contributed by atoms with Crippen LogP contribution < -0.4 is 10.6 Å². The van der Waals surface area contributed by atoms with E-state index in [1.807, 2.05) is 26.0 Å². The summed E-state index contributed by atoms with van der Waals surface area (Å²) in [4.78, 5) is 28.0. The van der Waals surface area contributed by atoms with Crippen LogP contribution >= 0.6 is 11.8 Å². The molecule has 0 radical (unpaired) electrons. The smallest absolute Gasteiger partial charge is 0.325 e. The van der Waals surface area contributed by atoms with E-state index in [4.69, 9.17) is 4.42 Å². The lowest BCUT2D eigenvalue weighted by atomic mass is 10.1. The SMILES string of the molecule is Cc1cccc(NC(=O)NC(=O)CSc2ncc(-c3ccc(F)cc3)o2)c1C. The van der Waals surface area contributed by atoms with Crippen molar-refractivity contribution in [3.05, 3.63) is 65.6 Å². The summed E-state index contributed by atoms with van der Waals surface area (Å²) in [5.74, 6) is -0.387. The van der Waals surface area contributed by atoms with Crippen LogP contribution in [0.25, 0.3) is 11.3 Å². The highest BCUT2D eigenvalue weighted by Gasteiger charge is 2.13. The second-order valence-corrected chi connectivity index (χ2v) is 6.96. The molecule has 28 heavy (non-hydrogen) atoms. The van der Waals surface area contributed by atoms with Crippen LogP contribution in [0, 0.1) is 19.7 Å². The number of amides is 3. The normalized spacial score (nSPS) is 10.5. The molecule has 2 aromatic carbocycles. The van der Waals surface area contributed by atoms with Crippen molar-refractivity contribution in [3.63, 3.8) is 0 Å². The zero-order valence-electron chi connectivity index (χ0n) is 15.3. The number of anilines is 1. The average molecular weight is 399 g/mol. The maximum absolute atomic E-state index is 13.0. The lowest BCUT2D eigenvalue weighted by Gasteiger charge is -2.10. The summed E-state index contributed by atoms with van der Waals surface area (Å²) in [5, 5.41) is 5.21. The van der Waals surface area contributed by atoms with Crippen molar-refractivity contribution in [3.8, 4) is 11.3 Å². The quantitative estimate of drug-likeness (QED) is 0.616. The van der Waals surface area contributed by atoms with Gasteiger partial charge in [0.2, 0.25) is 5.91 Å². The minimum atomic E-state index is -0.598. The Bertz CT molecular complexity index is 1000. The average Bonchev–Trinajstić information content (AvgIpc) is 3.13. The number of hydrogen-bond acceptors (Lipinski definition) is 5. The van der Waals surface area contributed by atoms with E-state index in [-0.39, 0.29) is 16.8 Å². The third-order valence-electron chi connectivity index (χ3n) is 4.05. The monoisotopic (exact) mass is 399 g/mol. The van der Waals surface area contributed by atoms with Crippen molar-refractivity contribution in [2.24, 2.45) is 0 Å². The summed E-state index contributed by atoms with van der Waals surface area (Å²) in [5.41, 5.74) is 3.31. The highest BCUT2D eigenvalue weighted by Crippen LogP contribution is 2.25. The fourth-order valence-corrected chi connectivity index (χ4v) is 3.01. The van der Waals surface area contributed by atoms with Crippen LogP contribution in [0.15, 0.2) is 58.3 Å². The molecule has 0 aliphatic rings. The predicted molar refractivity (Wildman–Crippen MR) is 106 cm³/mol. The predicted octanol–water partition coefficient (Wildman–Crippen LogP) is 4.54. The zero-order chi connectivity index (χ0) is 20.1. The number of nitrogens with one attached hydrogen (secondary N) is 2. The molecule has 1 aromatic heterocycles. The Balaban J connectivity index is 1.51. The van der Waals surface area contributed by atoms with E-state index in [0.29, 0.717) is 17.0 Å². The van der Waals surface area contributed by atoms with Gasteiger partial charge in [0.15, 0.2) is 5.76 Å². The summed E-state index contributed by atoms with van der Waals surface area (Å²) < 4.78 is 18.5. The lowest BCUT2D eigenvalue weighted by Crippen LogP contribution is -2.35. The molecule has 3 rings (SSSR count). The van der Waals surface area contributed by atoms with Crippen molar-refractivity contribution >= 4 is 29.4 Å². The van der Waals surface area contributed by atoms with E-state index in [1.54, 1.807) is 18.2 Å². The molecule has 0 unspecified atom stereocenters. The van der Waals surface area contributed by atoms with Gasteiger partial charge in [-0.05, 0) is 55.3 Å². The van der Waals surface area contributed by atoms with Gasteiger partial charge in [0.25, 0.3) is 5.22 Å². The molecule has 1 heterocycles. The minimum Gasteiger partial charge on any atom is -0.431 e. The van der Waals surface area contributed by atoms with Crippen LogP contribution in [0.4, 0.5) is 14.9 Å². The first-order chi connectivity index (χ1) is 13.4. The second-order valence-electron chi connectivity index (χ2n) is 6.04. The molecule has 0 atom stereocenters. The number of urea groups is 1. The minimum absolute atomic E-state index is 0.0381. The molecule has 3 amide bonds. The Kier molecular flexibility index (Phi) is 6.10. The number of carbonyl (C=O) groups excluding carboxylic acids is 2. The van der Waals surface area contributed by atoms with Crippen molar-refractivity contribution in [2.45, 2.75) is 19.1 Å². The number of aryl methyl sites for hydroxylation is 1. The van der Waals surface area contributed by atoms with Crippen LogP contribution in [0.1, 0.15) is 11.1 Å². The molecule has 2 N–H and O–H groups in total. The van der Waals surface area contributed by atoms with E-state index in [0.717, 1.165) is 22.9 Å². The Morgan fingerprint density at radius 1 is 1.14 bits per heavy atom. The number of nitrogens with zero attached hydrogens (tertiary/aromatic N) is 1. The molecule has 0 spiro atoms. The van der Waals surface area contributed by atoms with E-state index in [2.05, 4.69) is 15.6 Å². The molecule has 0 fully saturated rings. The van der Waals surface area contributed by atoms with Crippen LogP contribution in [0.5, 0.6) is 0 Å². The van der Waals surface area contributed by atoms with E-state index in [9.17, 15) is 14.0 Å². The molecule has 3 aromatic rings. The van der Waals surface area contributed by atoms with Gasteiger partial charge in [-0.1, -0.05) is 23.9 Å². The number of hydrogen-bond donors (Lipinski definition) is 2. The number of halogens is 1. The number of thioether (sulfide) groups is 1. The van der Waals surface area contributed by atoms with E-state index >= 15 is 0 Å². The molecule has 0 saturated carbocycles. The highest BCUT2D eigenvalue weighted by molar-refractivity contribution is 7.99. The van der Waals surface area contributed by atoms with Gasteiger partial charge < -0.3 is 9.73 Å². The highest BCUT2D eigenvalue weighted by atomic mass is 32.2. The maximum Gasteiger partial charge on any atom is 0.325 e. The number of aromatic nitrogens is 1. The Hall–Kier alpha value is -3.13. The molecule has 0 bridgehead atoms. The summed E-state index contributed by atoms with van der Waals surface area (Å²) in [6, 6.07) is 10.7. The van der Waals surface area contributed by atoms with Gasteiger partial charge >= 0.3 is 6.03 Å². The van der Waals surface area contributed by atoms with Crippen LogP contribution in [-0.2, 0) is 4.79 Å². The number of carbonyl (C=O) groups is 2. The molecular formula is C20H18FN3O3S. The van der Waals surface area contributed by atoms with Crippen LogP contribution in [0.2, 0.25) is 0 Å². The zero-order valence-corrected chi connectivity index (χ0v) is 16.1. The fraction of sp³-hybridized carbons (Fsp3) is 0.150. The first-order valence-corrected chi connectivity index (χ1v) is 9.42. The van der Waals surface area contributed by atoms with Crippen molar-refractivity contribution in [1.82, 2.24) is 10.3 Å². The molecule has 0 aliphatic carbocycles. The number of oxazole rings is 1. The van der Waals surface area contributed by atoms with E-state index < -0.39 is 11.9 Å². The number of benzene rings is 2. The Morgan fingerprint density at radius 2 is 1.89 bits per heavy atom. The van der Waals surface area contributed by atoms with Gasteiger partial charge in [0.1, 0.15) is 5.82 Å². The fourth-order valence-electron chi connectivity index (χ4n) is 2.40. The Morgan fingerprint density at radius 3 is 2.64 bits per heavy atom. The molecular weight excluding hydrogens is 381 g/mol. The van der Waals surface area contributed by atoms with Gasteiger partial charge in [0.05, 0.1) is 11.9 Å². The number of rotatable bonds is 5. The Labute approximate surface area is 165 Å². The van der Waals surface area contributed by atoms with Gasteiger partial charge in [-0.15, -0.1) is 0 Å². The van der Waals surface area contributed by atoms with Crippen LogP contribution in [-0.4, -0.2) is 22.7 Å². The van der Waals surface area contributed by atoms with E-state index in [1.165, 1.54) is 18.3 Å². The van der Waals surface area contributed by atoms with Crippen molar-refractivity contribution in [1.29, 1.82) is 0 Å². The lowest BCUT2D eigenvalue weighted by molar-refractivity contribution is -0.117. The first-order valence-electron chi connectivity index (χ1n) is 8.44. The van der Waals surface area contributed by atoms with Gasteiger partial charge in [0, 0.05) is 11.3 Å². The van der Waals surface area contributed by atoms with Crippen molar-refractivity contribution < 1.29 is 18.4 Å². The van der Waals surface area contributed by atoms with Crippen LogP contribution in [0.3, 0.4) is 0 Å². The summed E-state index contributed by atoms with van der Waals surface area (Å²) >= 11 is 1.06. The summed E-state index contributed by atoms with van der Waals surface area (Å²) in [6.45, 7) is 3.83. The van der Waals surface area contributed by atoms with Gasteiger partial charge in [-0.2, -0.15) is 0 Å². The topological polar surface area (TPSA) is 84.2 Å². The van der Waals surface area contributed by atoms with Gasteiger partial charge in [-0.3, -0.25) is 10.1 Å². The molecule has 8 heteroatoms. The third-order valence-corrected chi connectivity index (χ3v) is 4.89.